The molecule has 1 aromatic carbocycles. The minimum absolute atomic E-state index is 0.261. The van der Waals surface area contributed by atoms with Gasteiger partial charge in [-0.2, -0.15) is 18.3 Å². The van der Waals surface area contributed by atoms with Crippen LogP contribution in [0.3, 0.4) is 0 Å². The third-order valence-electron chi connectivity index (χ3n) is 3.56. The number of hydrogen-bond donors (Lipinski definition) is 2. The molecule has 0 atom stereocenters. The van der Waals surface area contributed by atoms with Crippen LogP contribution in [0.1, 0.15) is 28.0 Å². The van der Waals surface area contributed by atoms with Crippen LogP contribution in [-0.2, 0) is 6.18 Å². The highest BCUT2D eigenvalue weighted by atomic mass is 19.4. The Bertz CT molecular complexity index is 710. The summed E-state index contributed by atoms with van der Waals surface area (Å²) in [6, 6.07) is 4.84. The van der Waals surface area contributed by atoms with Gasteiger partial charge in [-0.05, 0) is 45.1 Å². The van der Waals surface area contributed by atoms with E-state index in [4.69, 9.17) is 0 Å². The molecule has 5 nitrogen and oxygen atoms in total. The molecule has 1 amide bonds. The molecule has 0 aliphatic carbocycles. The van der Waals surface area contributed by atoms with Crippen LogP contribution in [0, 0.1) is 6.92 Å². The molecule has 0 aliphatic heterocycles. The predicted octanol–water partition coefficient (Wildman–Crippen LogP) is 2.54. The Kier molecular flexibility index (Phi) is 5.61. The molecule has 0 fully saturated rings. The van der Waals surface area contributed by atoms with E-state index in [1.54, 1.807) is 6.92 Å². The second kappa shape index (κ2) is 7.48. The van der Waals surface area contributed by atoms with E-state index in [-0.39, 0.29) is 11.6 Å². The molecule has 0 aliphatic rings. The average molecular weight is 340 g/mol. The normalized spacial score (nSPS) is 11.5. The van der Waals surface area contributed by atoms with Crippen molar-refractivity contribution in [2.45, 2.75) is 19.5 Å². The Labute approximate surface area is 137 Å². The monoisotopic (exact) mass is 340 g/mol. The summed E-state index contributed by atoms with van der Waals surface area (Å²) in [6.07, 6.45) is -2.28. The van der Waals surface area contributed by atoms with Crippen molar-refractivity contribution < 1.29 is 18.0 Å². The molecular weight excluding hydrogens is 321 g/mol. The van der Waals surface area contributed by atoms with Crippen molar-refractivity contribution in [3.05, 3.63) is 47.3 Å². The number of nitrogens with zero attached hydrogens (tertiary/aromatic N) is 2. The lowest BCUT2D eigenvalue weighted by Crippen LogP contribution is -2.26. The summed E-state index contributed by atoms with van der Waals surface area (Å²) in [5.41, 5.74) is 0.335. The molecule has 0 unspecified atom stereocenters. The van der Waals surface area contributed by atoms with Gasteiger partial charge in [0.2, 0.25) is 0 Å². The summed E-state index contributed by atoms with van der Waals surface area (Å²) in [5, 5.41) is 9.79. The standard InChI is InChI=1S/C16H19F3N4O/c1-11-14(15(24)21-8-4-7-20-2)10-22-23(11)13-6-3-5-12(9-13)16(17,18)19/h3,5-6,9-10,20H,4,7-8H2,1-2H3,(H,21,24). The molecule has 0 saturated heterocycles. The summed E-state index contributed by atoms with van der Waals surface area (Å²) >= 11 is 0. The van der Waals surface area contributed by atoms with Gasteiger partial charge < -0.3 is 10.6 Å². The van der Waals surface area contributed by atoms with Crippen molar-refractivity contribution in [1.29, 1.82) is 0 Å². The molecule has 0 saturated carbocycles. The molecule has 2 rings (SSSR count). The number of aromatic nitrogens is 2. The molecule has 24 heavy (non-hydrogen) atoms. The van der Waals surface area contributed by atoms with E-state index < -0.39 is 11.7 Å². The fourth-order valence-electron chi connectivity index (χ4n) is 2.27. The molecular formula is C16H19F3N4O. The van der Waals surface area contributed by atoms with Gasteiger partial charge in [0.15, 0.2) is 0 Å². The van der Waals surface area contributed by atoms with Crippen LogP contribution < -0.4 is 10.6 Å². The summed E-state index contributed by atoms with van der Waals surface area (Å²) in [4.78, 5) is 12.1. The highest BCUT2D eigenvalue weighted by Crippen LogP contribution is 2.30. The van der Waals surface area contributed by atoms with Gasteiger partial charge in [-0.15, -0.1) is 0 Å². The van der Waals surface area contributed by atoms with Crippen molar-refractivity contribution in [3.8, 4) is 5.69 Å². The molecule has 0 radical (unpaired) electrons. The third kappa shape index (κ3) is 4.14. The number of carbonyl (C=O) groups excluding carboxylic acids is 1. The first-order chi connectivity index (χ1) is 11.3. The number of hydrogen-bond acceptors (Lipinski definition) is 3. The molecule has 8 heteroatoms. The maximum absolute atomic E-state index is 12.8. The van der Waals surface area contributed by atoms with Crippen LogP contribution in [0.15, 0.2) is 30.5 Å². The number of amides is 1. The maximum Gasteiger partial charge on any atom is 0.416 e. The lowest BCUT2D eigenvalue weighted by atomic mass is 10.2. The van der Waals surface area contributed by atoms with Crippen molar-refractivity contribution >= 4 is 5.91 Å². The second-order valence-electron chi connectivity index (χ2n) is 5.32. The minimum Gasteiger partial charge on any atom is -0.352 e. The van der Waals surface area contributed by atoms with Crippen LogP contribution in [0.5, 0.6) is 0 Å². The fourth-order valence-corrected chi connectivity index (χ4v) is 2.27. The summed E-state index contributed by atoms with van der Waals surface area (Å²) < 4.78 is 39.8. The SMILES string of the molecule is CNCCCNC(=O)c1cnn(-c2cccc(C(F)(F)F)c2)c1C. The van der Waals surface area contributed by atoms with Crippen molar-refractivity contribution in [2.24, 2.45) is 0 Å². The van der Waals surface area contributed by atoms with Crippen molar-refractivity contribution in [3.63, 3.8) is 0 Å². The molecule has 1 aromatic heterocycles. The van der Waals surface area contributed by atoms with E-state index in [0.717, 1.165) is 25.1 Å². The van der Waals surface area contributed by atoms with Gasteiger partial charge in [-0.25, -0.2) is 4.68 Å². The van der Waals surface area contributed by atoms with Gasteiger partial charge in [0.25, 0.3) is 5.91 Å². The van der Waals surface area contributed by atoms with Gasteiger partial charge in [-0.1, -0.05) is 6.07 Å². The molecule has 2 N–H and O–H groups in total. The number of nitrogens with one attached hydrogen (secondary N) is 2. The van der Waals surface area contributed by atoms with E-state index in [1.807, 2.05) is 7.05 Å². The van der Waals surface area contributed by atoms with Gasteiger partial charge in [0.1, 0.15) is 0 Å². The van der Waals surface area contributed by atoms with E-state index in [1.165, 1.54) is 23.0 Å². The van der Waals surface area contributed by atoms with Crippen molar-refractivity contribution in [1.82, 2.24) is 20.4 Å². The summed E-state index contributed by atoms with van der Waals surface area (Å²) in [6.45, 7) is 2.94. The zero-order valence-electron chi connectivity index (χ0n) is 13.4. The first-order valence-corrected chi connectivity index (χ1v) is 7.49. The van der Waals surface area contributed by atoms with E-state index in [2.05, 4.69) is 15.7 Å². The number of carbonyl (C=O) groups is 1. The number of halogens is 3. The van der Waals surface area contributed by atoms with Crippen LogP contribution in [0.4, 0.5) is 13.2 Å². The lowest BCUT2D eigenvalue weighted by molar-refractivity contribution is -0.137. The third-order valence-corrected chi connectivity index (χ3v) is 3.56. The van der Waals surface area contributed by atoms with E-state index >= 15 is 0 Å². The Hall–Kier alpha value is -2.35. The number of alkyl halides is 3. The van der Waals surface area contributed by atoms with Crippen LogP contribution in [0.2, 0.25) is 0 Å². The molecule has 0 spiro atoms. The Morgan fingerprint density at radius 3 is 2.71 bits per heavy atom. The highest BCUT2D eigenvalue weighted by molar-refractivity contribution is 5.95. The van der Waals surface area contributed by atoms with Crippen LogP contribution in [0.25, 0.3) is 5.69 Å². The topological polar surface area (TPSA) is 58.9 Å². The van der Waals surface area contributed by atoms with E-state index in [9.17, 15) is 18.0 Å². The Morgan fingerprint density at radius 1 is 1.29 bits per heavy atom. The van der Waals surface area contributed by atoms with Crippen molar-refractivity contribution in [2.75, 3.05) is 20.1 Å². The van der Waals surface area contributed by atoms with Gasteiger partial charge in [0, 0.05) is 6.54 Å². The molecule has 130 valence electrons. The summed E-state index contributed by atoms with van der Waals surface area (Å²) in [5.74, 6) is -0.290. The largest absolute Gasteiger partial charge is 0.416 e. The Balaban J connectivity index is 2.19. The zero-order chi connectivity index (χ0) is 17.7. The number of benzene rings is 1. The maximum atomic E-state index is 12.8. The van der Waals surface area contributed by atoms with Crippen LogP contribution >= 0.6 is 0 Å². The van der Waals surface area contributed by atoms with E-state index in [0.29, 0.717) is 17.8 Å². The zero-order valence-corrected chi connectivity index (χ0v) is 13.4. The molecule has 2 aromatic rings. The first kappa shape index (κ1) is 18.0. The summed E-state index contributed by atoms with van der Waals surface area (Å²) in [7, 11) is 1.82. The quantitative estimate of drug-likeness (QED) is 0.795. The lowest BCUT2D eigenvalue weighted by Gasteiger charge is -2.10. The van der Waals surface area contributed by atoms with Crippen LogP contribution in [-0.4, -0.2) is 35.8 Å². The second-order valence-corrected chi connectivity index (χ2v) is 5.32. The average Bonchev–Trinajstić information content (AvgIpc) is 2.92. The van der Waals surface area contributed by atoms with Gasteiger partial charge >= 0.3 is 6.18 Å². The van der Waals surface area contributed by atoms with Gasteiger partial charge in [0.05, 0.1) is 28.7 Å². The molecule has 0 bridgehead atoms. The van der Waals surface area contributed by atoms with Gasteiger partial charge in [-0.3, -0.25) is 4.79 Å². The Morgan fingerprint density at radius 2 is 2.04 bits per heavy atom. The molecule has 1 heterocycles. The smallest absolute Gasteiger partial charge is 0.352 e. The first-order valence-electron chi connectivity index (χ1n) is 7.49. The predicted molar refractivity (Wildman–Crippen MR) is 84.2 cm³/mol. The number of rotatable bonds is 6. The fraction of sp³-hybridized carbons (Fsp3) is 0.375. The minimum atomic E-state index is -4.43. The highest BCUT2D eigenvalue weighted by Gasteiger charge is 2.30.